The summed E-state index contributed by atoms with van der Waals surface area (Å²) in [6.07, 6.45) is 1.50. The van der Waals surface area contributed by atoms with Crippen LogP contribution in [0.1, 0.15) is 41.6 Å². The van der Waals surface area contributed by atoms with E-state index in [1.54, 1.807) is 35.2 Å². The molecular formula is C29H23ClF2N4OS. The lowest BCUT2D eigenvalue weighted by Gasteiger charge is -2.33. The lowest BCUT2D eigenvalue weighted by atomic mass is 9.97. The first-order valence-corrected chi connectivity index (χ1v) is 13.4. The summed E-state index contributed by atoms with van der Waals surface area (Å²) in [7, 11) is 0. The quantitative estimate of drug-likeness (QED) is 0.250. The Hall–Kier alpha value is -3.62. The summed E-state index contributed by atoms with van der Waals surface area (Å²) < 4.78 is 28.4. The number of amides is 1. The number of nitrogens with zero attached hydrogens (tertiary/aromatic N) is 3. The second kappa shape index (κ2) is 9.29. The summed E-state index contributed by atoms with van der Waals surface area (Å²) in [5, 5.41) is 1.02. The number of rotatable bonds is 4. The van der Waals surface area contributed by atoms with Crippen molar-refractivity contribution in [1.29, 1.82) is 0 Å². The topological polar surface area (TPSA) is 61.9 Å². The number of hydrogen-bond donors (Lipinski definition) is 1. The molecule has 6 rings (SSSR count). The van der Waals surface area contributed by atoms with E-state index in [9.17, 15) is 13.6 Å². The monoisotopic (exact) mass is 548 g/mol. The summed E-state index contributed by atoms with van der Waals surface area (Å²) in [4.78, 5) is 29.5. The van der Waals surface area contributed by atoms with E-state index in [0.717, 1.165) is 23.0 Å². The maximum atomic E-state index is 14.7. The molecule has 0 spiro atoms. The normalized spacial score (nSPS) is 17.4. The Labute approximate surface area is 227 Å². The highest BCUT2D eigenvalue weighted by Crippen LogP contribution is 2.42. The van der Waals surface area contributed by atoms with Crippen molar-refractivity contribution < 1.29 is 13.6 Å². The molecular weight excluding hydrogens is 526 g/mol. The van der Waals surface area contributed by atoms with Crippen LogP contribution in [-0.2, 0) is 5.54 Å². The molecule has 5 nitrogen and oxygen atoms in total. The number of aromatic amines is 1. The number of halogens is 3. The first-order chi connectivity index (χ1) is 18.3. The van der Waals surface area contributed by atoms with E-state index >= 15 is 0 Å². The maximum Gasteiger partial charge on any atom is 0.274 e. The van der Waals surface area contributed by atoms with Gasteiger partial charge in [0.15, 0.2) is 0 Å². The first-order valence-electron chi connectivity index (χ1n) is 12.3. The predicted molar refractivity (Wildman–Crippen MR) is 146 cm³/mol. The molecule has 3 aromatic carbocycles. The number of aryl methyl sites for hydroxylation is 1. The average Bonchev–Trinajstić information content (AvgIpc) is 3.64. The Morgan fingerprint density at radius 2 is 1.84 bits per heavy atom. The number of H-pyrrole nitrogens is 1. The Balaban J connectivity index is 1.46. The third kappa shape index (κ3) is 3.99. The van der Waals surface area contributed by atoms with Crippen LogP contribution < -0.4 is 0 Å². The third-order valence-electron chi connectivity index (χ3n) is 7.28. The van der Waals surface area contributed by atoms with Crippen LogP contribution in [0.5, 0.6) is 0 Å². The van der Waals surface area contributed by atoms with E-state index in [2.05, 4.69) is 9.97 Å². The molecule has 1 N–H and O–H groups in total. The zero-order valence-corrected chi connectivity index (χ0v) is 22.3. The summed E-state index contributed by atoms with van der Waals surface area (Å²) in [5.74, 6) is -0.406. The second-order valence-corrected chi connectivity index (χ2v) is 11.1. The highest BCUT2D eigenvalue weighted by atomic mass is 35.5. The standard InChI is InChI=1S/C29H23ClF2N4OS/c1-16-20(30)12-13-22-23(16)35-28(33-22)29(2)14-5-15-36(29)27(37)24-25(17-8-10-18(31)11-9-17)38-26(34-24)19-6-3-4-7-21(19)32/h3-4,6-13H,5,14-15H2,1-2H3,(H,33,35). The minimum Gasteiger partial charge on any atom is -0.340 e. The number of nitrogens with one attached hydrogen (secondary N) is 1. The number of carbonyl (C=O) groups is 1. The number of hydrogen-bond acceptors (Lipinski definition) is 4. The second-order valence-electron chi connectivity index (χ2n) is 9.67. The third-order valence-corrected chi connectivity index (χ3v) is 8.83. The van der Waals surface area contributed by atoms with Gasteiger partial charge in [0.25, 0.3) is 5.91 Å². The van der Waals surface area contributed by atoms with Gasteiger partial charge < -0.3 is 9.88 Å². The smallest absolute Gasteiger partial charge is 0.274 e. The van der Waals surface area contributed by atoms with E-state index in [4.69, 9.17) is 16.6 Å². The van der Waals surface area contributed by atoms with Crippen molar-refractivity contribution in [2.45, 2.75) is 32.2 Å². The van der Waals surface area contributed by atoms with Gasteiger partial charge >= 0.3 is 0 Å². The Kier molecular flexibility index (Phi) is 6.04. The molecule has 1 fully saturated rings. The van der Waals surface area contributed by atoms with Crippen molar-refractivity contribution in [2.75, 3.05) is 6.54 Å². The summed E-state index contributed by atoms with van der Waals surface area (Å²) in [6.45, 7) is 4.43. The van der Waals surface area contributed by atoms with Gasteiger partial charge in [-0.2, -0.15) is 0 Å². The summed E-state index contributed by atoms with van der Waals surface area (Å²) >= 11 is 7.54. The van der Waals surface area contributed by atoms with Crippen LogP contribution >= 0.6 is 22.9 Å². The van der Waals surface area contributed by atoms with E-state index in [1.807, 2.05) is 26.0 Å². The highest BCUT2D eigenvalue weighted by Gasteiger charge is 2.45. The van der Waals surface area contributed by atoms with Crippen LogP contribution in [-0.4, -0.2) is 32.3 Å². The molecule has 1 unspecified atom stereocenters. The molecule has 38 heavy (non-hydrogen) atoms. The maximum absolute atomic E-state index is 14.7. The van der Waals surface area contributed by atoms with Crippen molar-refractivity contribution in [2.24, 2.45) is 0 Å². The van der Waals surface area contributed by atoms with Gasteiger partial charge in [0.2, 0.25) is 0 Å². The van der Waals surface area contributed by atoms with Crippen molar-refractivity contribution in [3.63, 3.8) is 0 Å². The SMILES string of the molecule is Cc1c(Cl)ccc2[nH]c(C3(C)CCCN3C(=O)c3nc(-c4ccccc4F)sc3-c3ccc(F)cc3)nc12. The minimum atomic E-state index is -0.711. The number of likely N-dealkylation sites (tertiary alicyclic amines) is 1. The van der Waals surface area contributed by atoms with Crippen LogP contribution in [0.25, 0.3) is 32.0 Å². The molecule has 1 aliphatic heterocycles. The van der Waals surface area contributed by atoms with E-state index in [1.165, 1.54) is 29.5 Å². The van der Waals surface area contributed by atoms with Crippen LogP contribution in [0.3, 0.4) is 0 Å². The number of fused-ring (bicyclic) bond motifs is 1. The number of imidazole rings is 1. The van der Waals surface area contributed by atoms with Crippen molar-refractivity contribution in [3.05, 3.63) is 94.4 Å². The van der Waals surface area contributed by atoms with Gasteiger partial charge in [0.05, 0.1) is 21.4 Å². The fourth-order valence-corrected chi connectivity index (χ4v) is 6.36. The molecule has 0 bridgehead atoms. The lowest BCUT2D eigenvalue weighted by molar-refractivity contribution is 0.0601. The first kappa shape index (κ1) is 24.7. The Bertz CT molecular complexity index is 1700. The number of carbonyl (C=O) groups excluding carboxylic acids is 1. The lowest BCUT2D eigenvalue weighted by Crippen LogP contribution is -2.44. The fourth-order valence-electron chi connectivity index (χ4n) is 5.12. The fraction of sp³-hybridized carbons (Fsp3) is 0.207. The number of benzene rings is 3. The zero-order chi connectivity index (χ0) is 26.6. The molecule has 1 amide bonds. The summed E-state index contributed by atoms with van der Waals surface area (Å²) in [5.41, 5.74) is 2.96. The average molecular weight is 549 g/mol. The molecule has 0 aliphatic carbocycles. The predicted octanol–water partition coefficient (Wildman–Crippen LogP) is 7.74. The van der Waals surface area contributed by atoms with E-state index < -0.39 is 11.4 Å². The Morgan fingerprint density at radius 1 is 1.08 bits per heavy atom. The van der Waals surface area contributed by atoms with Gasteiger partial charge in [0, 0.05) is 17.1 Å². The van der Waals surface area contributed by atoms with E-state index in [0.29, 0.717) is 44.8 Å². The molecule has 9 heteroatoms. The van der Waals surface area contributed by atoms with Crippen LogP contribution in [0.4, 0.5) is 8.78 Å². The van der Waals surface area contributed by atoms with Gasteiger partial charge in [-0.3, -0.25) is 4.79 Å². The van der Waals surface area contributed by atoms with Gasteiger partial charge in [-0.1, -0.05) is 35.9 Å². The largest absolute Gasteiger partial charge is 0.340 e. The van der Waals surface area contributed by atoms with Crippen LogP contribution in [0.15, 0.2) is 60.7 Å². The molecule has 1 aliphatic rings. The molecule has 3 heterocycles. The Morgan fingerprint density at radius 3 is 2.61 bits per heavy atom. The molecule has 1 saturated heterocycles. The van der Waals surface area contributed by atoms with Gasteiger partial charge in [-0.15, -0.1) is 11.3 Å². The van der Waals surface area contributed by atoms with Gasteiger partial charge in [0.1, 0.15) is 28.2 Å². The van der Waals surface area contributed by atoms with Gasteiger partial charge in [-0.05, 0) is 74.2 Å². The zero-order valence-electron chi connectivity index (χ0n) is 20.7. The molecule has 192 valence electrons. The van der Waals surface area contributed by atoms with Crippen molar-refractivity contribution in [3.8, 4) is 21.0 Å². The number of thiazole rings is 1. The molecule has 5 aromatic rings. The molecule has 0 radical (unpaired) electrons. The van der Waals surface area contributed by atoms with Crippen LogP contribution in [0, 0.1) is 18.6 Å². The van der Waals surface area contributed by atoms with Crippen LogP contribution in [0.2, 0.25) is 5.02 Å². The molecule has 0 saturated carbocycles. The number of aromatic nitrogens is 3. The molecule has 1 atom stereocenters. The van der Waals surface area contributed by atoms with Crippen molar-refractivity contribution >= 4 is 39.9 Å². The summed E-state index contributed by atoms with van der Waals surface area (Å²) in [6, 6.07) is 16.0. The highest BCUT2D eigenvalue weighted by molar-refractivity contribution is 7.18. The molecule has 2 aromatic heterocycles. The minimum absolute atomic E-state index is 0.211. The van der Waals surface area contributed by atoms with E-state index in [-0.39, 0.29) is 17.4 Å². The van der Waals surface area contributed by atoms with Crippen molar-refractivity contribution in [1.82, 2.24) is 19.9 Å². The van der Waals surface area contributed by atoms with Gasteiger partial charge in [-0.25, -0.2) is 18.7 Å².